The third-order valence-electron chi connectivity index (χ3n) is 12.5. The number of likely N-dealkylation sites (N-methyl/N-ethyl adjacent to an activating group) is 1. The van der Waals surface area contributed by atoms with E-state index in [1.807, 2.05) is 36.8 Å². The molecule has 19 heteroatoms. The molecule has 64 heavy (non-hydrogen) atoms. The maximum absolute atomic E-state index is 14.8. The van der Waals surface area contributed by atoms with Crippen molar-refractivity contribution >= 4 is 35.6 Å². The number of rotatable bonds is 13. The van der Waals surface area contributed by atoms with Gasteiger partial charge in [-0.3, -0.25) is 48.4 Å². The number of piperazine rings is 1. The summed E-state index contributed by atoms with van der Waals surface area (Å²) in [6.07, 6.45) is -5.05. The van der Waals surface area contributed by atoms with Crippen molar-refractivity contribution in [3.8, 4) is 34.8 Å². The predicted molar refractivity (Wildman–Crippen MR) is 220 cm³/mol. The Labute approximate surface area is 369 Å². The van der Waals surface area contributed by atoms with Crippen LogP contribution < -0.4 is 23.7 Å². The molecule has 0 aromatic heterocycles. The molecular formula is C45H54F3N5O11. The molecular weight excluding hydrogens is 844 g/mol. The van der Waals surface area contributed by atoms with E-state index in [2.05, 4.69) is 6.07 Å². The van der Waals surface area contributed by atoms with Crippen LogP contribution in [0.2, 0.25) is 0 Å². The molecule has 2 bridgehead atoms. The Morgan fingerprint density at radius 3 is 2.14 bits per heavy atom. The average Bonchev–Trinajstić information content (AvgIpc) is 3.72. The molecule has 0 spiro atoms. The first kappa shape index (κ1) is 47.7. The van der Waals surface area contributed by atoms with Crippen molar-refractivity contribution < 1.29 is 65.6 Å². The highest BCUT2D eigenvalue weighted by Gasteiger charge is 2.58. The molecule has 2 aromatic rings. The van der Waals surface area contributed by atoms with Crippen LogP contribution in [0.15, 0.2) is 6.07 Å². The van der Waals surface area contributed by atoms with Gasteiger partial charge in [-0.2, -0.15) is 18.4 Å². The lowest BCUT2D eigenvalue weighted by Crippen LogP contribution is -2.69. The van der Waals surface area contributed by atoms with Crippen LogP contribution in [0.5, 0.6) is 28.7 Å². The number of methoxy groups -OCH3 is 1. The number of nitrogens with zero attached hydrogens (tertiary/aromatic N) is 5. The number of hydrogen-bond acceptors (Lipinski definition) is 14. The molecule has 6 atom stereocenters. The number of ether oxygens (including phenoxy) is 5. The predicted octanol–water partition coefficient (Wildman–Crippen LogP) is 5.70. The number of benzene rings is 2. The standard InChI is InChI=1S/C45H54F3N5O11/c1-10-13-32(55)51(43(58)24(6)52(33(56)14-11-2)44(59)45(46,47)48)20-31-36-27(39(63-25(7)54)23(5)40-41(36)62-21-61-40)18-29-37-35-26(17-28(50(37)8)30(19-49)53(29)31)16-22(4)38(60-9)42(35)64-34(57)15-12-3/h16,24,28-31,37H,10-15,17-18,20-21H2,1-9H3/t24-,28-,29?,30-,31-,37-/m0/s1. The van der Waals surface area contributed by atoms with Crippen LogP contribution in [-0.4, -0.2) is 113 Å². The number of aryl methyl sites for hydroxylation is 1. The second-order valence-electron chi connectivity index (χ2n) is 16.6. The molecule has 4 heterocycles. The molecule has 0 aliphatic carbocycles. The second kappa shape index (κ2) is 18.8. The summed E-state index contributed by atoms with van der Waals surface area (Å²) in [5.41, 5.74) is 3.22. The zero-order chi connectivity index (χ0) is 47.1. The molecule has 346 valence electrons. The summed E-state index contributed by atoms with van der Waals surface area (Å²) in [7, 11) is 3.30. The first-order valence-electron chi connectivity index (χ1n) is 21.5. The molecule has 1 fully saturated rings. The Balaban J connectivity index is 1.63. The number of nitriles is 1. The first-order chi connectivity index (χ1) is 30.3. The average molecular weight is 898 g/mol. The van der Waals surface area contributed by atoms with E-state index in [4.69, 9.17) is 23.7 Å². The molecule has 6 rings (SSSR count). The maximum Gasteiger partial charge on any atom is 0.471 e. The van der Waals surface area contributed by atoms with Crippen LogP contribution in [-0.2, 0) is 41.6 Å². The number of carbonyl (C=O) groups is 6. The highest BCUT2D eigenvalue weighted by molar-refractivity contribution is 6.05. The number of hydrogen-bond donors (Lipinski definition) is 0. The van der Waals surface area contributed by atoms with E-state index in [-0.39, 0.29) is 73.2 Å². The molecule has 2 aromatic carbocycles. The molecule has 1 unspecified atom stereocenters. The van der Waals surface area contributed by atoms with Crippen LogP contribution in [0.1, 0.15) is 119 Å². The fourth-order valence-electron chi connectivity index (χ4n) is 9.88. The summed E-state index contributed by atoms with van der Waals surface area (Å²) in [6, 6.07) is -1.90. The van der Waals surface area contributed by atoms with Gasteiger partial charge in [0.25, 0.3) is 5.91 Å². The lowest BCUT2D eigenvalue weighted by atomic mass is 9.71. The van der Waals surface area contributed by atoms with Crippen molar-refractivity contribution in [2.45, 2.75) is 142 Å². The SMILES string of the molecule is CCCC(=O)Oc1c(OC)c(C)cc2c1[C@@H]1C3Cc4c(OC(C)=O)c(C)c5c(c4[C@H](CN(C(=O)CCC)C(=O)[C@H](C)N(C(=O)CCC)C(=O)C(F)(F)F)N3[C@@H](C#N)[C@H](C2)N1C)OCO5. The fraction of sp³-hybridized carbons (Fsp3) is 0.578. The van der Waals surface area contributed by atoms with Gasteiger partial charge in [0.2, 0.25) is 18.6 Å². The minimum absolute atomic E-state index is 0.0623. The Hall–Kier alpha value is -5.74. The maximum atomic E-state index is 14.8. The van der Waals surface area contributed by atoms with Crippen molar-refractivity contribution in [1.29, 1.82) is 5.26 Å². The van der Waals surface area contributed by atoms with Crippen LogP contribution in [0.4, 0.5) is 13.2 Å². The third kappa shape index (κ3) is 8.37. The van der Waals surface area contributed by atoms with E-state index in [1.165, 1.54) is 21.0 Å². The summed E-state index contributed by atoms with van der Waals surface area (Å²) in [5, 5.41) is 11.2. The van der Waals surface area contributed by atoms with Crippen molar-refractivity contribution in [1.82, 2.24) is 19.6 Å². The van der Waals surface area contributed by atoms with Crippen LogP contribution in [0.3, 0.4) is 0 Å². The van der Waals surface area contributed by atoms with Gasteiger partial charge in [0.15, 0.2) is 23.0 Å². The van der Waals surface area contributed by atoms with Gasteiger partial charge in [-0.25, -0.2) is 0 Å². The molecule has 1 saturated heterocycles. The Morgan fingerprint density at radius 2 is 1.55 bits per heavy atom. The summed E-state index contributed by atoms with van der Waals surface area (Å²) >= 11 is 0. The van der Waals surface area contributed by atoms with Gasteiger partial charge in [-0.15, -0.1) is 0 Å². The topological polar surface area (TPSA) is 185 Å². The van der Waals surface area contributed by atoms with Crippen molar-refractivity contribution in [2.75, 3.05) is 27.5 Å². The highest BCUT2D eigenvalue weighted by Crippen LogP contribution is 2.59. The minimum Gasteiger partial charge on any atom is -0.493 e. The normalized spacial score (nSPS) is 21.3. The number of alkyl halides is 3. The van der Waals surface area contributed by atoms with E-state index in [9.17, 15) is 47.2 Å². The number of amides is 4. The number of carbonyl (C=O) groups excluding carboxylic acids is 6. The summed E-state index contributed by atoms with van der Waals surface area (Å²) in [6.45, 7) is 9.83. The van der Waals surface area contributed by atoms with Crippen molar-refractivity contribution in [3.63, 3.8) is 0 Å². The lowest BCUT2D eigenvalue weighted by Gasteiger charge is -2.60. The number of esters is 2. The lowest BCUT2D eigenvalue weighted by molar-refractivity contribution is -0.191. The number of imide groups is 2. The van der Waals surface area contributed by atoms with Crippen molar-refractivity contribution in [3.05, 3.63) is 39.4 Å². The van der Waals surface area contributed by atoms with E-state index in [0.717, 1.165) is 17.4 Å². The van der Waals surface area contributed by atoms with Gasteiger partial charge in [-0.05, 0) is 71.0 Å². The molecule has 0 saturated carbocycles. The molecule has 4 amide bonds. The highest BCUT2D eigenvalue weighted by atomic mass is 19.4. The van der Waals surface area contributed by atoms with Gasteiger partial charge in [0.05, 0.1) is 25.3 Å². The summed E-state index contributed by atoms with van der Waals surface area (Å²) < 4.78 is 72.2. The van der Waals surface area contributed by atoms with Gasteiger partial charge < -0.3 is 23.7 Å². The summed E-state index contributed by atoms with van der Waals surface area (Å²) in [4.78, 5) is 85.8. The van der Waals surface area contributed by atoms with E-state index in [1.54, 1.807) is 13.8 Å². The second-order valence-corrected chi connectivity index (χ2v) is 16.6. The Kier molecular flexibility index (Phi) is 14.0. The molecule has 4 aliphatic rings. The smallest absolute Gasteiger partial charge is 0.471 e. The summed E-state index contributed by atoms with van der Waals surface area (Å²) in [5.74, 6) is -6.04. The first-order valence-corrected chi connectivity index (χ1v) is 21.5. The monoisotopic (exact) mass is 897 g/mol. The fourth-order valence-corrected chi connectivity index (χ4v) is 9.88. The zero-order valence-electron chi connectivity index (χ0n) is 37.5. The van der Waals surface area contributed by atoms with Gasteiger partial charge in [-0.1, -0.05) is 26.8 Å². The van der Waals surface area contributed by atoms with E-state index in [0.29, 0.717) is 40.0 Å². The minimum atomic E-state index is -5.53. The van der Waals surface area contributed by atoms with Gasteiger partial charge >= 0.3 is 24.0 Å². The van der Waals surface area contributed by atoms with Crippen molar-refractivity contribution in [2.24, 2.45) is 0 Å². The van der Waals surface area contributed by atoms with E-state index >= 15 is 0 Å². The number of fused-ring (bicyclic) bond motifs is 9. The Bertz CT molecular complexity index is 2290. The molecule has 0 N–H and O–H groups in total. The quantitative estimate of drug-likeness (QED) is 0.176. The van der Waals surface area contributed by atoms with E-state index < -0.39 is 91.0 Å². The Morgan fingerprint density at radius 1 is 0.906 bits per heavy atom. The number of halogens is 3. The van der Waals surface area contributed by atoms with Crippen LogP contribution in [0, 0.1) is 25.2 Å². The van der Waals surface area contributed by atoms with Crippen LogP contribution in [0.25, 0.3) is 0 Å². The molecule has 16 nitrogen and oxygen atoms in total. The third-order valence-corrected chi connectivity index (χ3v) is 12.5. The van der Waals surface area contributed by atoms with Gasteiger partial charge in [0, 0.05) is 67.1 Å². The molecule has 4 aliphatic heterocycles. The van der Waals surface area contributed by atoms with Gasteiger partial charge in [0.1, 0.15) is 17.8 Å². The largest absolute Gasteiger partial charge is 0.493 e. The van der Waals surface area contributed by atoms with Crippen LogP contribution >= 0.6 is 0 Å². The zero-order valence-corrected chi connectivity index (χ0v) is 37.5. The molecule has 0 radical (unpaired) electrons.